The zero-order valence-corrected chi connectivity index (χ0v) is 18.8. The molecule has 8 nitrogen and oxygen atoms in total. The largest absolute Gasteiger partial charge is 0.494 e. The molecule has 32 heavy (non-hydrogen) atoms. The number of hydrogen-bond donors (Lipinski definition) is 0. The van der Waals surface area contributed by atoms with E-state index in [-0.39, 0.29) is 0 Å². The van der Waals surface area contributed by atoms with Gasteiger partial charge in [0.05, 0.1) is 24.6 Å². The zero-order chi connectivity index (χ0) is 23.3. The molecule has 0 spiro atoms. The fraction of sp³-hybridized carbons (Fsp3) is 0.333. The lowest BCUT2D eigenvalue weighted by atomic mass is 10.1. The van der Waals surface area contributed by atoms with Gasteiger partial charge in [-0.2, -0.15) is 0 Å². The smallest absolute Gasteiger partial charge is 0.331 e. The van der Waals surface area contributed by atoms with Crippen LogP contribution in [-0.2, 0) is 19.3 Å². The molecule has 2 aromatic carbocycles. The molecule has 170 valence electrons. The summed E-state index contributed by atoms with van der Waals surface area (Å²) in [6, 6.07) is 14.9. The van der Waals surface area contributed by atoms with Crippen LogP contribution in [0.1, 0.15) is 51.7 Å². The third-order valence-electron chi connectivity index (χ3n) is 4.24. The molecular formula is C24H28N2O6. The Morgan fingerprint density at radius 3 is 1.28 bits per heavy atom. The minimum atomic E-state index is -0.453. The number of ether oxygens (including phenoxy) is 2. The second kappa shape index (κ2) is 12.9. The van der Waals surface area contributed by atoms with E-state index in [1.807, 2.05) is 48.5 Å². The van der Waals surface area contributed by atoms with Crippen LogP contribution >= 0.6 is 0 Å². The number of rotatable bonds is 11. The van der Waals surface area contributed by atoms with Crippen LogP contribution in [-0.4, -0.2) is 36.6 Å². The second-order valence-corrected chi connectivity index (χ2v) is 6.97. The molecule has 0 atom stereocenters. The van der Waals surface area contributed by atoms with Crippen molar-refractivity contribution in [2.24, 2.45) is 10.3 Å². The van der Waals surface area contributed by atoms with Gasteiger partial charge in [-0.25, -0.2) is 9.59 Å². The molecule has 0 N–H and O–H groups in total. The van der Waals surface area contributed by atoms with Crippen molar-refractivity contribution >= 4 is 23.4 Å². The molecule has 0 aliphatic heterocycles. The third-order valence-corrected chi connectivity index (χ3v) is 4.24. The van der Waals surface area contributed by atoms with Crippen molar-refractivity contribution in [3.63, 3.8) is 0 Å². The summed E-state index contributed by atoms with van der Waals surface area (Å²) in [5.41, 5.74) is 2.93. The van der Waals surface area contributed by atoms with Crippen molar-refractivity contribution < 1.29 is 28.7 Å². The van der Waals surface area contributed by atoms with Crippen molar-refractivity contribution in [3.8, 4) is 11.5 Å². The average Bonchev–Trinajstić information content (AvgIpc) is 2.78. The van der Waals surface area contributed by atoms with Crippen LogP contribution in [0.2, 0.25) is 0 Å². The highest BCUT2D eigenvalue weighted by Crippen LogP contribution is 2.15. The maximum atomic E-state index is 10.8. The maximum absolute atomic E-state index is 10.8. The van der Waals surface area contributed by atoms with Gasteiger partial charge in [0.15, 0.2) is 0 Å². The number of oxime groups is 2. The number of carbonyl (C=O) groups is 2. The van der Waals surface area contributed by atoms with Gasteiger partial charge in [-0.15, -0.1) is 0 Å². The molecule has 0 fully saturated rings. The SMILES string of the molecule is CC(=O)O/N=C(\C)c1ccc(OCCCCOc2ccc(/C(C)=N/OC(C)=O)cc2)cc1. The lowest BCUT2D eigenvalue weighted by Gasteiger charge is -2.09. The van der Waals surface area contributed by atoms with Crippen molar-refractivity contribution in [3.05, 3.63) is 59.7 Å². The summed E-state index contributed by atoms with van der Waals surface area (Å²) in [4.78, 5) is 30.9. The number of nitrogens with zero attached hydrogens (tertiary/aromatic N) is 2. The number of benzene rings is 2. The molecule has 0 unspecified atom stereocenters. The molecule has 0 amide bonds. The third kappa shape index (κ3) is 8.99. The van der Waals surface area contributed by atoms with Crippen LogP contribution in [0, 0.1) is 0 Å². The summed E-state index contributed by atoms with van der Waals surface area (Å²) in [7, 11) is 0. The topological polar surface area (TPSA) is 95.8 Å². The van der Waals surface area contributed by atoms with Gasteiger partial charge in [0.2, 0.25) is 0 Å². The van der Waals surface area contributed by atoms with Gasteiger partial charge >= 0.3 is 11.9 Å². The highest BCUT2D eigenvalue weighted by molar-refractivity contribution is 5.99. The molecule has 8 heteroatoms. The van der Waals surface area contributed by atoms with Gasteiger partial charge in [-0.3, -0.25) is 0 Å². The summed E-state index contributed by atoms with van der Waals surface area (Å²) in [6.07, 6.45) is 1.70. The van der Waals surface area contributed by atoms with Crippen LogP contribution in [0.15, 0.2) is 58.8 Å². The highest BCUT2D eigenvalue weighted by Gasteiger charge is 2.03. The minimum absolute atomic E-state index is 0.453. The number of hydrogen-bond acceptors (Lipinski definition) is 8. The molecule has 2 aromatic rings. The van der Waals surface area contributed by atoms with E-state index in [9.17, 15) is 9.59 Å². The molecule has 0 aromatic heterocycles. The van der Waals surface area contributed by atoms with E-state index >= 15 is 0 Å². The normalized spacial score (nSPS) is 11.6. The summed E-state index contributed by atoms with van der Waals surface area (Å²) in [6.45, 7) is 7.30. The van der Waals surface area contributed by atoms with E-state index in [0.29, 0.717) is 24.6 Å². The lowest BCUT2D eigenvalue weighted by Crippen LogP contribution is -2.03. The molecule has 0 heterocycles. The quantitative estimate of drug-likeness (QED) is 0.221. The molecule has 0 aliphatic rings. The van der Waals surface area contributed by atoms with Gasteiger partial charge in [0.25, 0.3) is 0 Å². The summed E-state index contributed by atoms with van der Waals surface area (Å²) in [5.74, 6) is 0.616. The van der Waals surface area contributed by atoms with Gasteiger partial charge in [-0.05, 0) is 86.3 Å². The van der Waals surface area contributed by atoms with Crippen LogP contribution in [0.4, 0.5) is 0 Å². The van der Waals surface area contributed by atoms with E-state index in [1.165, 1.54) is 13.8 Å². The van der Waals surface area contributed by atoms with Crippen LogP contribution < -0.4 is 9.47 Å². The van der Waals surface area contributed by atoms with Crippen LogP contribution in [0.25, 0.3) is 0 Å². The van der Waals surface area contributed by atoms with Crippen molar-refractivity contribution in [1.82, 2.24) is 0 Å². The van der Waals surface area contributed by atoms with E-state index < -0.39 is 11.9 Å². The minimum Gasteiger partial charge on any atom is -0.494 e. The second-order valence-electron chi connectivity index (χ2n) is 6.97. The Kier molecular flexibility index (Phi) is 9.90. The Morgan fingerprint density at radius 2 is 0.969 bits per heavy atom. The average molecular weight is 440 g/mol. The molecule has 2 rings (SSSR count). The Labute approximate surface area is 187 Å². The Bertz CT molecular complexity index is 870. The number of unbranched alkanes of at least 4 members (excludes halogenated alkanes) is 1. The molecule has 0 aliphatic carbocycles. The van der Waals surface area contributed by atoms with E-state index in [0.717, 1.165) is 35.5 Å². The first-order chi connectivity index (χ1) is 15.3. The molecule has 0 saturated heterocycles. The molecule has 0 saturated carbocycles. The molecule has 0 bridgehead atoms. The lowest BCUT2D eigenvalue weighted by molar-refractivity contribution is -0.141. The maximum Gasteiger partial charge on any atom is 0.331 e. The van der Waals surface area contributed by atoms with E-state index in [2.05, 4.69) is 20.0 Å². The summed E-state index contributed by atoms with van der Waals surface area (Å²) < 4.78 is 11.5. The van der Waals surface area contributed by atoms with Crippen LogP contribution in [0.3, 0.4) is 0 Å². The van der Waals surface area contributed by atoms with Gasteiger partial charge in [0, 0.05) is 13.8 Å². The molecular weight excluding hydrogens is 412 g/mol. The standard InChI is InChI=1S/C24H28N2O6/c1-17(25-31-19(3)27)21-7-11-23(12-8-21)29-15-5-6-16-30-24-13-9-22(10-14-24)18(2)26-32-20(4)28/h7-14H,5-6,15-16H2,1-4H3/b25-17+,26-18+. The van der Waals surface area contributed by atoms with Gasteiger partial charge < -0.3 is 19.1 Å². The summed E-state index contributed by atoms with van der Waals surface area (Å²) in [5, 5.41) is 7.52. The fourth-order valence-electron chi connectivity index (χ4n) is 2.54. The molecule has 0 radical (unpaired) electrons. The van der Waals surface area contributed by atoms with Crippen molar-refractivity contribution in [2.45, 2.75) is 40.5 Å². The first-order valence-electron chi connectivity index (χ1n) is 10.3. The van der Waals surface area contributed by atoms with E-state index in [1.54, 1.807) is 13.8 Å². The van der Waals surface area contributed by atoms with Crippen LogP contribution in [0.5, 0.6) is 11.5 Å². The monoisotopic (exact) mass is 440 g/mol. The Hall–Kier alpha value is -3.68. The zero-order valence-electron chi connectivity index (χ0n) is 18.8. The highest BCUT2D eigenvalue weighted by atomic mass is 16.7. The Morgan fingerprint density at radius 1 is 0.625 bits per heavy atom. The predicted molar refractivity (Wildman–Crippen MR) is 121 cm³/mol. The first-order valence-corrected chi connectivity index (χ1v) is 10.3. The number of carbonyl (C=O) groups excluding carboxylic acids is 2. The van der Waals surface area contributed by atoms with Gasteiger partial charge in [0.1, 0.15) is 11.5 Å². The van der Waals surface area contributed by atoms with Crippen molar-refractivity contribution in [1.29, 1.82) is 0 Å². The fourth-order valence-corrected chi connectivity index (χ4v) is 2.54. The first kappa shape index (κ1) is 24.6. The Balaban J connectivity index is 1.67. The van der Waals surface area contributed by atoms with Crippen molar-refractivity contribution in [2.75, 3.05) is 13.2 Å². The van der Waals surface area contributed by atoms with E-state index in [4.69, 9.17) is 9.47 Å². The summed E-state index contributed by atoms with van der Waals surface area (Å²) >= 11 is 0. The predicted octanol–water partition coefficient (Wildman–Crippen LogP) is 4.50. The van der Waals surface area contributed by atoms with Gasteiger partial charge in [-0.1, -0.05) is 10.3 Å².